The zero-order chi connectivity index (χ0) is 21.6. The first-order valence-corrected chi connectivity index (χ1v) is 11.1. The molecule has 4 aromatic rings. The van der Waals surface area contributed by atoms with Crippen molar-refractivity contribution in [1.82, 2.24) is 4.98 Å². The average molecular weight is 410 g/mol. The quantitative estimate of drug-likeness (QED) is 0.374. The summed E-state index contributed by atoms with van der Waals surface area (Å²) in [6, 6.07) is 25.5. The number of fused-ring (bicyclic) bond motifs is 5. The Bertz CT molecular complexity index is 1260. The van der Waals surface area contributed by atoms with E-state index in [1.54, 1.807) is 0 Å². The molecule has 0 fully saturated rings. The molecule has 0 bridgehead atoms. The van der Waals surface area contributed by atoms with E-state index in [4.69, 9.17) is 9.72 Å². The van der Waals surface area contributed by atoms with Gasteiger partial charge in [0.05, 0.1) is 11.6 Å². The van der Waals surface area contributed by atoms with Crippen LogP contribution < -0.4 is 9.30 Å². The molecule has 156 valence electrons. The van der Waals surface area contributed by atoms with E-state index < -0.39 is 0 Å². The van der Waals surface area contributed by atoms with Crippen molar-refractivity contribution in [1.29, 1.82) is 0 Å². The highest BCUT2D eigenvalue weighted by molar-refractivity contribution is 5.84. The van der Waals surface area contributed by atoms with Gasteiger partial charge in [0.25, 0.3) is 0 Å². The fourth-order valence-corrected chi connectivity index (χ4v) is 4.22. The van der Waals surface area contributed by atoms with Gasteiger partial charge in [-0.25, -0.2) is 4.98 Å². The van der Waals surface area contributed by atoms with E-state index in [0.29, 0.717) is 5.92 Å². The Morgan fingerprint density at radius 3 is 2.45 bits per heavy atom. The van der Waals surface area contributed by atoms with Gasteiger partial charge in [-0.1, -0.05) is 62.4 Å². The summed E-state index contributed by atoms with van der Waals surface area (Å²) in [5.41, 5.74) is 7.92. The molecule has 1 aromatic heterocycles. The lowest BCUT2D eigenvalue weighted by Gasteiger charge is -2.30. The highest BCUT2D eigenvalue weighted by Crippen LogP contribution is 2.35. The number of ether oxygens (including phenoxy) is 1. The van der Waals surface area contributed by atoms with E-state index in [2.05, 4.69) is 105 Å². The first-order valence-electron chi connectivity index (χ1n) is 11.1. The molecule has 0 aliphatic carbocycles. The van der Waals surface area contributed by atoms with Crippen LogP contribution in [0.3, 0.4) is 0 Å². The number of nitrogens with zero attached hydrogens (tertiary/aromatic N) is 2. The molecule has 0 radical (unpaired) electrons. The Labute approximate surface area is 184 Å². The number of aromatic nitrogens is 2. The fraction of sp³-hybridized carbons (Fsp3) is 0.286. The van der Waals surface area contributed by atoms with E-state index in [1.807, 2.05) is 0 Å². The Morgan fingerprint density at radius 1 is 0.935 bits per heavy atom. The van der Waals surface area contributed by atoms with Crippen molar-refractivity contribution in [2.75, 3.05) is 0 Å². The van der Waals surface area contributed by atoms with E-state index in [1.165, 1.54) is 16.8 Å². The summed E-state index contributed by atoms with van der Waals surface area (Å²) in [6.07, 6.45) is 1.02. The van der Waals surface area contributed by atoms with Crippen molar-refractivity contribution in [3.8, 4) is 28.3 Å². The van der Waals surface area contributed by atoms with Crippen LogP contribution in [0.15, 0.2) is 72.8 Å². The maximum absolute atomic E-state index is 6.41. The van der Waals surface area contributed by atoms with Gasteiger partial charge in [-0.05, 0) is 43.5 Å². The molecule has 1 aliphatic heterocycles. The van der Waals surface area contributed by atoms with Gasteiger partial charge in [0.15, 0.2) is 6.54 Å². The van der Waals surface area contributed by atoms with Gasteiger partial charge in [0.2, 0.25) is 11.2 Å². The molecule has 0 saturated heterocycles. The average Bonchev–Trinajstić information content (AvgIpc) is 2.78. The molecule has 0 atom stereocenters. The SMILES string of the molecule is CC(C)C(C)(C)Oc1ccc2nc(-c3ccccc3)c3[n+](c2c1)CCc1ccccc1-3. The van der Waals surface area contributed by atoms with Crippen molar-refractivity contribution >= 4 is 11.0 Å². The van der Waals surface area contributed by atoms with Gasteiger partial charge in [0.1, 0.15) is 22.6 Å². The smallest absolute Gasteiger partial charge is 0.239 e. The number of benzene rings is 3. The molecular formula is C28H29N2O+. The second kappa shape index (κ2) is 7.49. The number of rotatable bonds is 4. The van der Waals surface area contributed by atoms with E-state index in [-0.39, 0.29) is 5.60 Å². The van der Waals surface area contributed by atoms with Crippen LogP contribution in [-0.4, -0.2) is 10.6 Å². The van der Waals surface area contributed by atoms with Crippen LogP contribution in [0.1, 0.15) is 33.3 Å². The third kappa shape index (κ3) is 3.48. The second-order valence-corrected chi connectivity index (χ2v) is 9.24. The lowest BCUT2D eigenvalue weighted by Crippen LogP contribution is -2.42. The van der Waals surface area contributed by atoms with Crippen molar-refractivity contribution in [2.45, 2.75) is 46.3 Å². The van der Waals surface area contributed by atoms with Crippen LogP contribution in [0.25, 0.3) is 33.5 Å². The maximum Gasteiger partial charge on any atom is 0.239 e. The Balaban J connectivity index is 1.76. The molecule has 31 heavy (non-hydrogen) atoms. The predicted molar refractivity (Wildman–Crippen MR) is 126 cm³/mol. The van der Waals surface area contributed by atoms with Gasteiger partial charge in [-0.2, -0.15) is 4.57 Å². The minimum atomic E-state index is -0.234. The molecule has 5 rings (SSSR count). The molecule has 3 heteroatoms. The standard InChI is InChI=1S/C28H29N2O/c1-19(2)28(3,4)31-22-14-15-24-25(18-22)30-17-16-20-10-8-9-13-23(20)27(30)26(29-24)21-11-6-5-7-12-21/h5-15,18-19H,16-17H2,1-4H3/q+1. The molecule has 0 amide bonds. The highest BCUT2D eigenvalue weighted by Gasteiger charge is 2.31. The molecule has 1 aliphatic rings. The normalized spacial score (nSPS) is 13.2. The number of aryl methyl sites for hydroxylation is 2. The van der Waals surface area contributed by atoms with Gasteiger partial charge in [-0.3, -0.25) is 0 Å². The van der Waals surface area contributed by atoms with E-state index >= 15 is 0 Å². The third-order valence-corrected chi connectivity index (χ3v) is 6.66. The molecule has 0 N–H and O–H groups in total. The summed E-state index contributed by atoms with van der Waals surface area (Å²) in [6.45, 7) is 9.63. The topological polar surface area (TPSA) is 26.0 Å². The van der Waals surface area contributed by atoms with Crippen LogP contribution in [0.4, 0.5) is 0 Å². The van der Waals surface area contributed by atoms with E-state index in [0.717, 1.165) is 41.0 Å². The van der Waals surface area contributed by atoms with Crippen LogP contribution in [-0.2, 0) is 13.0 Å². The summed E-state index contributed by atoms with van der Waals surface area (Å²) in [4.78, 5) is 5.15. The Kier molecular flexibility index (Phi) is 4.77. The van der Waals surface area contributed by atoms with E-state index in [9.17, 15) is 0 Å². The molecular weight excluding hydrogens is 380 g/mol. The summed E-state index contributed by atoms with van der Waals surface area (Å²) in [5, 5.41) is 0. The lowest BCUT2D eigenvalue weighted by atomic mass is 9.93. The summed E-state index contributed by atoms with van der Waals surface area (Å²) < 4.78 is 8.84. The fourth-order valence-electron chi connectivity index (χ4n) is 4.22. The zero-order valence-electron chi connectivity index (χ0n) is 18.7. The van der Waals surface area contributed by atoms with Crippen LogP contribution >= 0.6 is 0 Å². The highest BCUT2D eigenvalue weighted by atomic mass is 16.5. The first-order chi connectivity index (χ1) is 14.9. The first kappa shape index (κ1) is 19.7. The van der Waals surface area contributed by atoms with Gasteiger partial charge in [0, 0.05) is 12.0 Å². The number of hydrogen-bond donors (Lipinski definition) is 0. The molecule has 0 unspecified atom stereocenters. The Hall–Kier alpha value is -3.20. The third-order valence-electron chi connectivity index (χ3n) is 6.66. The predicted octanol–water partition coefficient (Wildman–Crippen LogP) is 6.23. The second-order valence-electron chi connectivity index (χ2n) is 9.24. The Morgan fingerprint density at radius 2 is 1.68 bits per heavy atom. The monoisotopic (exact) mass is 409 g/mol. The van der Waals surface area contributed by atoms with Gasteiger partial charge >= 0.3 is 0 Å². The molecule has 3 aromatic carbocycles. The van der Waals surface area contributed by atoms with Crippen molar-refractivity contribution in [2.24, 2.45) is 5.92 Å². The summed E-state index contributed by atoms with van der Waals surface area (Å²) >= 11 is 0. The number of hydrogen-bond acceptors (Lipinski definition) is 2. The van der Waals surface area contributed by atoms with Crippen LogP contribution in [0, 0.1) is 5.92 Å². The summed E-state index contributed by atoms with van der Waals surface area (Å²) in [7, 11) is 0. The zero-order valence-corrected chi connectivity index (χ0v) is 18.7. The van der Waals surface area contributed by atoms with Crippen LogP contribution in [0.5, 0.6) is 5.75 Å². The lowest BCUT2D eigenvalue weighted by molar-refractivity contribution is -0.661. The van der Waals surface area contributed by atoms with Crippen molar-refractivity contribution in [3.63, 3.8) is 0 Å². The van der Waals surface area contributed by atoms with Crippen molar-refractivity contribution in [3.05, 3.63) is 78.4 Å². The minimum Gasteiger partial charge on any atom is -0.487 e. The van der Waals surface area contributed by atoms with Crippen molar-refractivity contribution < 1.29 is 9.30 Å². The van der Waals surface area contributed by atoms with Gasteiger partial charge in [-0.15, -0.1) is 0 Å². The molecule has 0 saturated carbocycles. The summed E-state index contributed by atoms with van der Waals surface area (Å²) in [5.74, 6) is 1.31. The largest absolute Gasteiger partial charge is 0.487 e. The maximum atomic E-state index is 6.41. The molecule has 2 heterocycles. The van der Waals surface area contributed by atoms with Crippen LogP contribution in [0.2, 0.25) is 0 Å². The van der Waals surface area contributed by atoms with Gasteiger partial charge < -0.3 is 4.74 Å². The minimum absolute atomic E-state index is 0.234. The molecule has 0 spiro atoms. The molecule has 3 nitrogen and oxygen atoms in total.